The van der Waals surface area contributed by atoms with Gasteiger partial charge in [-0.1, -0.05) is 0 Å². The Morgan fingerprint density at radius 3 is 2.52 bits per heavy atom. The molecular formula is C16H18N2O3. The first-order valence-electron chi connectivity index (χ1n) is 6.94. The molecule has 0 saturated carbocycles. The Kier molecular flexibility index (Phi) is 4.59. The van der Waals surface area contributed by atoms with Crippen LogP contribution in [0.2, 0.25) is 0 Å². The van der Waals surface area contributed by atoms with Gasteiger partial charge in [0.1, 0.15) is 0 Å². The molecule has 2 rings (SSSR count). The predicted octanol–water partition coefficient (Wildman–Crippen LogP) is 2.15. The minimum atomic E-state index is -0.174. The third kappa shape index (κ3) is 3.22. The average Bonchev–Trinajstić information content (AvgIpc) is 2.53. The van der Waals surface area contributed by atoms with E-state index in [1.165, 1.54) is 14.0 Å². The molecule has 0 bridgehead atoms. The van der Waals surface area contributed by atoms with Crippen molar-refractivity contribution in [1.29, 1.82) is 5.26 Å². The summed E-state index contributed by atoms with van der Waals surface area (Å²) < 4.78 is 4.77. The lowest BCUT2D eigenvalue weighted by molar-refractivity contribution is -0.146. The molecule has 1 aliphatic rings. The maximum Gasteiger partial charge on any atom is 0.308 e. The molecule has 0 radical (unpaired) electrons. The van der Waals surface area contributed by atoms with E-state index in [0.29, 0.717) is 37.1 Å². The number of nitriles is 1. The number of carbonyl (C=O) groups excluding carboxylic acids is 2. The highest BCUT2D eigenvalue weighted by Crippen LogP contribution is 2.28. The Bertz CT molecular complexity index is 596. The summed E-state index contributed by atoms with van der Waals surface area (Å²) in [7, 11) is 1.40. The number of ether oxygens (including phenoxy) is 1. The van der Waals surface area contributed by atoms with E-state index >= 15 is 0 Å². The van der Waals surface area contributed by atoms with Gasteiger partial charge in [0.2, 0.25) is 0 Å². The van der Waals surface area contributed by atoms with E-state index in [-0.39, 0.29) is 17.7 Å². The van der Waals surface area contributed by atoms with Gasteiger partial charge in [0.25, 0.3) is 0 Å². The van der Waals surface area contributed by atoms with E-state index in [0.717, 1.165) is 5.69 Å². The Hall–Kier alpha value is -2.35. The molecule has 21 heavy (non-hydrogen) atoms. The lowest BCUT2D eigenvalue weighted by Crippen LogP contribution is -2.37. The molecule has 5 nitrogen and oxygen atoms in total. The fourth-order valence-corrected chi connectivity index (χ4v) is 2.68. The van der Waals surface area contributed by atoms with Crippen molar-refractivity contribution >= 4 is 17.4 Å². The number of ketones is 1. The first-order chi connectivity index (χ1) is 10.1. The summed E-state index contributed by atoms with van der Waals surface area (Å²) in [6.45, 7) is 2.87. The van der Waals surface area contributed by atoms with Crippen LogP contribution in [-0.4, -0.2) is 32.0 Å². The number of benzene rings is 1. The SMILES string of the molecule is COC(=O)C1CCN(c2cc(C#N)ccc2C(C)=O)CC1. The highest BCUT2D eigenvalue weighted by atomic mass is 16.5. The van der Waals surface area contributed by atoms with Gasteiger partial charge in [-0.05, 0) is 38.0 Å². The number of esters is 1. The number of carbonyl (C=O) groups is 2. The molecule has 1 aromatic carbocycles. The summed E-state index contributed by atoms with van der Waals surface area (Å²) in [5, 5.41) is 9.02. The minimum Gasteiger partial charge on any atom is -0.469 e. The van der Waals surface area contributed by atoms with Crippen molar-refractivity contribution in [2.45, 2.75) is 19.8 Å². The molecular weight excluding hydrogens is 268 g/mol. The third-order valence-electron chi connectivity index (χ3n) is 3.88. The quantitative estimate of drug-likeness (QED) is 0.629. The van der Waals surface area contributed by atoms with E-state index in [9.17, 15) is 9.59 Å². The van der Waals surface area contributed by atoms with E-state index in [4.69, 9.17) is 10.00 Å². The van der Waals surface area contributed by atoms with Crippen molar-refractivity contribution < 1.29 is 14.3 Å². The van der Waals surface area contributed by atoms with Gasteiger partial charge in [0.05, 0.1) is 24.7 Å². The minimum absolute atomic E-state index is 0.0235. The predicted molar refractivity (Wildman–Crippen MR) is 78.1 cm³/mol. The van der Waals surface area contributed by atoms with Gasteiger partial charge in [0, 0.05) is 24.3 Å². The molecule has 1 aromatic rings. The molecule has 0 amide bonds. The fourth-order valence-electron chi connectivity index (χ4n) is 2.68. The van der Waals surface area contributed by atoms with Crippen LogP contribution in [0.4, 0.5) is 5.69 Å². The summed E-state index contributed by atoms with van der Waals surface area (Å²) in [6, 6.07) is 7.19. The second kappa shape index (κ2) is 6.40. The Balaban J connectivity index is 2.21. The van der Waals surface area contributed by atoms with Crippen LogP contribution in [0.5, 0.6) is 0 Å². The molecule has 0 N–H and O–H groups in total. The second-order valence-corrected chi connectivity index (χ2v) is 5.18. The topological polar surface area (TPSA) is 70.4 Å². The smallest absolute Gasteiger partial charge is 0.308 e. The number of piperidine rings is 1. The fraction of sp³-hybridized carbons (Fsp3) is 0.438. The number of anilines is 1. The van der Waals surface area contributed by atoms with Crippen molar-refractivity contribution in [2.75, 3.05) is 25.1 Å². The van der Waals surface area contributed by atoms with Crippen molar-refractivity contribution in [1.82, 2.24) is 0 Å². The van der Waals surface area contributed by atoms with Gasteiger partial charge in [-0.2, -0.15) is 5.26 Å². The third-order valence-corrected chi connectivity index (χ3v) is 3.88. The van der Waals surface area contributed by atoms with Crippen LogP contribution >= 0.6 is 0 Å². The number of Topliss-reactive ketones (excluding diaryl/α,β-unsaturated/α-hetero) is 1. The number of nitrogens with zero attached hydrogens (tertiary/aromatic N) is 2. The van der Waals surface area contributed by atoms with Gasteiger partial charge in [0.15, 0.2) is 5.78 Å². The van der Waals surface area contributed by atoms with Crippen LogP contribution in [0, 0.1) is 17.2 Å². The highest BCUT2D eigenvalue weighted by Gasteiger charge is 2.27. The zero-order valence-corrected chi connectivity index (χ0v) is 12.3. The lowest BCUT2D eigenvalue weighted by atomic mass is 9.95. The summed E-state index contributed by atoms with van der Waals surface area (Å²) in [6.07, 6.45) is 1.39. The van der Waals surface area contributed by atoms with Crippen LogP contribution < -0.4 is 4.90 Å². The van der Waals surface area contributed by atoms with Crippen molar-refractivity contribution in [3.63, 3.8) is 0 Å². The molecule has 1 heterocycles. The number of methoxy groups -OCH3 is 1. The monoisotopic (exact) mass is 286 g/mol. The molecule has 0 atom stereocenters. The summed E-state index contributed by atoms with van der Waals surface area (Å²) in [5.74, 6) is -0.275. The lowest BCUT2D eigenvalue weighted by Gasteiger charge is -2.33. The van der Waals surface area contributed by atoms with Crippen LogP contribution in [0.1, 0.15) is 35.7 Å². The van der Waals surface area contributed by atoms with E-state index in [1.54, 1.807) is 18.2 Å². The summed E-state index contributed by atoms with van der Waals surface area (Å²) >= 11 is 0. The molecule has 110 valence electrons. The molecule has 0 aromatic heterocycles. The van der Waals surface area contributed by atoms with Gasteiger partial charge in [-0.3, -0.25) is 9.59 Å². The van der Waals surface area contributed by atoms with Crippen molar-refractivity contribution in [2.24, 2.45) is 5.92 Å². The second-order valence-electron chi connectivity index (χ2n) is 5.18. The Morgan fingerprint density at radius 1 is 1.33 bits per heavy atom. The Morgan fingerprint density at radius 2 is 2.00 bits per heavy atom. The van der Waals surface area contributed by atoms with Crippen LogP contribution in [0.25, 0.3) is 0 Å². The zero-order chi connectivity index (χ0) is 15.4. The summed E-state index contributed by atoms with van der Waals surface area (Å²) in [5.41, 5.74) is 1.93. The molecule has 5 heteroatoms. The van der Waals surface area contributed by atoms with Crippen LogP contribution in [0.15, 0.2) is 18.2 Å². The van der Waals surface area contributed by atoms with Gasteiger partial charge < -0.3 is 9.64 Å². The van der Waals surface area contributed by atoms with Crippen LogP contribution in [0.3, 0.4) is 0 Å². The highest BCUT2D eigenvalue weighted by molar-refractivity contribution is 6.00. The van der Waals surface area contributed by atoms with E-state index in [2.05, 4.69) is 11.0 Å². The maximum atomic E-state index is 11.7. The molecule has 1 saturated heterocycles. The summed E-state index contributed by atoms with van der Waals surface area (Å²) in [4.78, 5) is 25.4. The number of hydrogen-bond donors (Lipinski definition) is 0. The molecule has 0 spiro atoms. The first kappa shape index (κ1) is 15.0. The first-order valence-corrected chi connectivity index (χ1v) is 6.94. The van der Waals surface area contributed by atoms with E-state index < -0.39 is 0 Å². The van der Waals surface area contributed by atoms with Gasteiger partial charge in [-0.15, -0.1) is 0 Å². The number of hydrogen-bond acceptors (Lipinski definition) is 5. The largest absolute Gasteiger partial charge is 0.469 e. The molecule has 1 fully saturated rings. The zero-order valence-electron chi connectivity index (χ0n) is 12.3. The Labute approximate surface area is 124 Å². The number of rotatable bonds is 3. The van der Waals surface area contributed by atoms with Crippen LogP contribution in [-0.2, 0) is 9.53 Å². The van der Waals surface area contributed by atoms with Crippen molar-refractivity contribution in [3.8, 4) is 6.07 Å². The van der Waals surface area contributed by atoms with Gasteiger partial charge >= 0.3 is 5.97 Å². The van der Waals surface area contributed by atoms with Crippen molar-refractivity contribution in [3.05, 3.63) is 29.3 Å². The van der Waals surface area contributed by atoms with E-state index in [1.807, 2.05) is 0 Å². The molecule has 1 aliphatic heterocycles. The standard InChI is InChI=1S/C16H18N2O3/c1-11(19)14-4-3-12(10-17)9-15(14)18-7-5-13(6-8-18)16(20)21-2/h3-4,9,13H,5-8H2,1-2H3. The molecule has 0 aliphatic carbocycles. The molecule has 0 unspecified atom stereocenters. The van der Waals surface area contributed by atoms with Gasteiger partial charge in [-0.25, -0.2) is 0 Å². The maximum absolute atomic E-state index is 11.7. The normalized spacial score (nSPS) is 15.4. The average molecular weight is 286 g/mol.